The van der Waals surface area contributed by atoms with Crippen molar-refractivity contribution >= 4 is 18.9 Å². The van der Waals surface area contributed by atoms with Gasteiger partial charge in [0, 0.05) is 0 Å². The average Bonchev–Trinajstić information content (AvgIpc) is 1.86. The van der Waals surface area contributed by atoms with Gasteiger partial charge in [0.1, 0.15) is 6.61 Å². The molecule has 0 saturated carbocycles. The van der Waals surface area contributed by atoms with Gasteiger partial charge in [0.2, 0.25) is 11.8 Å². The van der Waals surface area contributed by atoms with Crippen LogP contribution in [0.4, 0.5) is 0 Å². The predicted octanol–water partition coefficient (Wildman–Crippen LogP) is 0.380. The molecule has 1 unspecified atom stereocenters. The highest BCUT2D eigenvalue weighted by atomic mass is 32.4. The first-order valence-electron chi connectivity index (χ1n) is 1.73. The van der Waals surface area contributed by atoms with Gasteiger partial charge < -0.3 is 0 Å². The number of rotatable bonds is 0. The lowest BCUT2D eigenvalue weighted by Crippen LogP contribution is -1.96. The minimum absolute atomic E-state index is 0.632. The van der Waals surface area contributed by atoms with Crippen LogP contribution in [0.5, 0.6) is 0 Å². The summed E-state index contributed by atoms with van der Waals surface area (Å²) in [5, 5.41) is 2.98. The van der Waals surface area contributed by atoms with Gasteiger partial charge in [-0.2, -0.15) is 4.52 Å². The Hall–Kier alpha value is 0.440. The maximum Gasteiger partial charge on any atom is 0.439 e. The van der Waals surface area contributed by atoms with E-state index >= 15 is 0 Å². The summed E-state index contributed by atoms with van der Waals surface area (Å²) in [4.78, 5) is 0. The summed E-state index contributed by atoms with van der Waals surface area (Å²) in [5.41, 5.74) is 0. The lowest BCUT2D eigenvalue weighted by Gasteiger charge is -1.62. The SMILES string of the molecule is S=[P+]1NCCO1. The molecule has 0 aromatic heterocycles. The molecule has 0 amide bonds. The van der Waals surface area contributed by atoms with Crippen molar-refractivity contribution in [2.75, 3.05) is 13.2 Å². The molecule has 1 atom stereocenters. The summed E-state index contributed by atoms with van der Waals surface area (Å²) in [5.74, 6) is 0. The van der Waals surface area contributed by atoms with Gasteiger partial charge in [-0.3, -0.25) is 0 Å². The Morgan fingerprint density at radius 1 is 1.83 bits per heavy atom. The molecule has 2 nitrogen and oxygen atoms in total. The van der Waals surface area contributed by atoms with E-state index in [1.165, 1.54) is 0 Å². The van der Waals surface area contributed by atoms with Crippen molar-refractivity contribution in [3.05, 3.63) is 0 Å². The third-order valence-electron chi connectivity index (χ3n) is 0.552. The van der Waals surface area contributed by atoms with Gasteiger partial charge in [-0.1, -0.05) is 0 Å². The van der Waals surface area contributed by atoms with Crippen LogP contribution >= 0.6 is 7.07 Å². The standard InChI is InChI=1S/C2H5NOPS/c6-5-3-1-2-4-5/h1-2H2,(H,3,6)/q+1. The fourth-order valence-corrected chi connectivity index (χ4v) is 1.43. The van der Waals surface area contributed by atoms with Crippen LogP contribution in [0.3, 0.4) is 0 Å². The quantitative estimate of drug-likeness (QED) is 0.469. The van der Waals surface area contributed by atoms with Gasteiger partial charge in [-0.25, -0.2) is 0 Å². The molecular formula is C2H5NOPS+. The topological polar surface area (TPSA) is 21.3 Å². The molecule has 34 valence electrons. The monoisotopic (exact) mass is 122 g/mol. The highest BCUT2D eigenvalue weighted by Crippen LogP contribution is 2.19. The van der Waals surface area contributed by atoms with Crippen molar-refractivity contribution in [1.29, 1.82) is 0 Å². The molecule has 0 radical (unpaired) electrons. The Morgan fingerprint density at radius 2 is 2.67 bits per heavy atom. The smallest absolute Gasteiger partial charge is 0.151 e. The summed E-state index contributed by atoms with van der Waals surface area (Å²) in [7, 11) is -0.632. The number of hydrogen-bond acceptors (Lipinski definition) is 2. The summed E-state index contributed by atoms with van der Waals surface area (Å²) in [6.07, 6.45) is 0. The van der Waals surface area contributed by atoms with Crippen LogP contribution < -0.4 is 5.09 Å². The van der Waals surface area contributed by atoms with E-state index in [-0.39, 0.29) is 0 Å². The van der Waals surface area contributed by atoms with Crippen molar-refractivity contribution in [3.63, 3.8) is 0 Å². The maximum atomic E-state index is 4.92. The van der Waals surface area contributed by atoms with Gasteiger partial charge in [0.15, 0.2) is 0 Å². The molecule has 1 aliphatic rings. The first-order chi connectivity index (χ1) is 2.89. The second kappa shape index (κ2) is 1.94. The fraction of sp³-hybridized carbons (Fsp3) is 1.00. The van der Waals surface area contributed by atoms with Gasteiger partial charge in [-0.05, 0) is 0 Å². The van der Waals surface area contributed by atoms with E-state index in [1.54, 1.807) is 0 Å². The molecule has 1 aliphatic heterocycles. The largest absolute Gasteiger partial charge is 0.439 e. The molecule has 1 rings (SSSR count). The molecule has 1 fully saturated rings. The molecule has 4 heteroatoms. The van der Waals surface area contributed by atoms with Crippen LogP contribution in [0.1, 0.15) is 0 Å². The van der Waals surface area contributed by atoms with Crippen molar-refractivity contribution in [2.24, 2.45) is 0 Å². The molecule has 0 aromatic carbocycles. The molecule has 1 N–H and O–H groups in total. The molecular weight excluding hydrogens is 117 g/mol. The van der Waals surface area contributed by atoms with E-state index in [1.807, 2.05) is 0 Å². The van der Waals surface area contributed by atoms with E-state index in [9.17, 15) is 0 Å². The minimum atomic E-state index is -0.632. The molecule has 0 bridgehead atoms. The van der Waals surface area contributed by atoms with E-state index in [0.717, 1.165) is 13.2 Å². The van der Waals surface area contributed by atoms with Gasteiger partial charge in [-0.15, -0.1) is 5.09 Å². The Kier molecular flexibility index (Phi) is 1.48. The van der Waals surface area contributed by atoms with E-state index in [0.29, 0.717) is 0 Å². The minimum Gasteiger partial charge on any atom is -0.151 e. The van der Waals surface area contributed by atoms with E-state index in [4.69, 9.17) is 16.3 Å². The third-order valence-corrected chi connectivity index (χ3v) is 2.15. The summed E-state index contributed by atoms with van der Waals surface area (Å²) < 4.78 is 4.92. The lowest BCUT2D eigenvalue weighted by atomic mass is 10.8. The molecule has 6 heavy (non-hydrogen) atoms. The molecule has 1 heterocycles. The highest BCUT2D eigenvalue weighted by Gasteiger charge is 2.17. The van der Waals surface area contributed by atoms with Crippen LogP contribution in [0.2, 0.25) is 0 Å². The number of nitrogens with one attached hydrogen (secondary N) is 1. The van der Waals surface area contributed by atoms with E-state index < -0.39 is 7.07 Å². The molecule has 1 saturated heterocycles. The van der Waals surface area contributed by atoms with Crippen LogP contribution in [0.25, 0.3) is 0 Å². The number of hydrogen-bond donors (Lipinski definition) is 1. The zero-order valence-electron chi connectivity index (χ0n) is 3.18. The third kappa shape index (κ3) is 0.949. The maximum absolute atomic E-state index is 4.92. The van der Waals surface area contributed by atoms with Gasteiger partial charge in [0.25, 0.3) is 0 Å². The van der Waals surface area contributed by atoms with Gasteiger partial charge in [0.05, 0.1) is 6.54 Å². The van der Waals surface area contributed by atoms with Crippen LogP contribution in [0.15, 0.2) is 0 Å². The second-order valence-corrected chi connectivity index (χ2v) is 3.08. The Morgan fingerprint density at radius 3 is 2.83 bits per heavy atom. The van der Waals surface area contributed by atoms with Crippen LogP contribution in [-0.2, 0) is 16.3 Å². The average molecular weight is 122 g/mol. The van der Waals surface area contributed by atoms with Crippen molar-refractivity contribution in [1.82, 2.24) is 5.09 Å². The van der Waals surface area contributed by atoms with Crippen molar-refractivity contribution in [3.8, 4) is 0 Å². The zero-order chi connectivity index (χ0) is 4.41. The first kappa shape index (κ1) is 4.60. The normalized spacial score (nSPS) is 28.3. The Labute approximate surface area is 42.4 Å². The highest BCUT2D eigenvalue weighted by molar-refractivity contribution is 8.02. The van der Waals surface area contributed by atoms with Crippen molar-refractivity contribution < 1.29 is 4.52 Å². The first-order valence-corrected chi connectivity index (χ1v) is 4.00. The fourth-order valence-electron chi connectivity index (χ4n) is 0.311. The second-order valence-electron chi connectivity index (χ2n) is 0.998. The van der Waals surface area contributed by atoms with Crippen LogP contribution in [0, 0.1) is 0 Å². The summed E-state index contributed by atoms with van der Waals surface area (Å²) in [6.45, 7) is 1.74. The van der Waals surface area contributed by atoms with Gasteiger partial charge >= 0.3 is 7.07 Å². The molecule has 0 spiro atoms. The summed E-state index contributed by atoms with van der Waals surface area (Å²) >= 11 is 4.73. The van der Waals surface area contributed by atoms with Crippen LogP contribution in [-0.4, -0.2) is 13.2 Å². The Balaban J connectivity index is 2.37. The van der Waals surface area contributed by atoms with Crippen molar-refractivity contribution in [2.45, 2.75) is 0 Å². The lowest BCUT2D eigenvalue weighted by molar-refractivity contribution is 0.406. The predicted molar refractivity (Wildman–Crippen MR) is 28.2 cm³/mol. The Bertz CT molecular complexity index is 67.9. The molecule has 0 aliphatic carbocycles. The summed E-state index contributed by atoms with van der Waals surface area (Å²) in [6, 6.07) is 0. The zero-order valence-corrected chi connectivity index (χ0v) is 4.89. The van der Waals surface area contributed by atoms with E-state index in [2.05, 4.69) is 5.09 Å². The molecule has 0 aromatic rings.